The number of carbonyl (C=O) groups is 1. The van der Waals surface area contributed by atoms with Gasteiger partial charge < -0.3 is 11.1 Å². The van der Waals surface area contributed by atoms with Gasteiger partial charge >= 0.3 is 0 Å². The Labute approximate surface area is 130 Å². The molecule has 0 aliphatic heterocycles. The summed E-state index contributed by atoms with van der Waals surface area (Å²) in [6, 6.07) is 5.41. The van der Waals surface area contributed by atoms with Crippen molar-refractivity contribution in [2.75, 3.05) is 13.1 Å². The molecule has 1 aromatic carbocycles. The van der Waals surface area contributed by atoms with E-state index in [9.17, 15) is 4.79 Å². The van der Waals surface area contributed by atoms with Crippen molar-refractivity contribution in [3.63, 3.8) is 0 Å². The van der Waals surface area contributed by atoms with Crippen molar-refractivity contribution in [2.45, 2.75) is 33.1 Å². The Morgan fingerprint density at radius 3 is 2.20 bits per heavy atom. The van der Waals surface area contributed by atoms with Gasteiger partial charge in [0.25, 0.3) is 0 Å². The number of carbonyl (C=O) groups excluding carboxylic acids is 1. The number of amides is 1. The maximum absolute atomic E-state index is 12.2. The summed E-state index contributed by atoms with van der Waals surface area (Å²) in [6.07, 6.45) is 2.18. The first-order valence-electron chi connectivity index (χ1n) is 6.90. The minimum absolute atomic E-state index is 0.0260. The summed E-state index contributed by atoms with van der Waals surface area (Å²) in [5.41, 5.74) is 6.31. The normalized spacial score (nSPS) is 11.4. The zero-order valence-electron chi connectivity index (χ0n) is 12.0. The third kappa shape index (κ3) is 4.37. The van der Waals surface area contributed by atoms with Gasteiger partial charge in [0.15, 0.2) is 0 Å². The maximum atomic E-state index is 12.2. The molecule has 3 N–H and O–H groups in total. The Balaban J connectivity index is 2.57. The average Bonchev–Trinajstić information content (AvgIpc) is 2.40. The van der Waals surface area contributed by atoms with Gasteiger partial charge in [-0.05, 0) is 43.0 Å². The molecule has 0 aliphatic carbocycles. The first-order chi connectivity index (χ1) is 9.47. The van der Waals surface area contributed by atoms with Crippen LogP contribution in [-0.4, -0.2) is 19.0 Å². The summed E-state index contributed by atoms with van der Waals surface area (Å²) in [5, 5.41) is 4.18. The van der Waals surface area contributed by atoms with Gasteiger partial charge in [0.1, 0.15) is 0 Å². The van der Waals surface area contributed by atoms with Gasteiger partial charge in [0.05, 0.1) is 5.41 Å². The number of nitrogens with two attached hydrogens (primary N) is 1. The minimum Gasteiger partial charge on any atom is -0.355 e. The third-order valence-electron chi connectivity index (χ3n) is 3.85. The van der Waals surface area contributed by atoms with Crippen LogP contribution in [0.1, 0.15) is 32.3 Å². The van der Waals surface area contributed by atoms with Gasteiger partial charge in [0, 0.05) is 23.1 Å². The van der Waals surface area contributed by atoms with Gasteiger partial charge in [-0.3, -0.25) is 4.79 Å². The van der Waals surface area contributed by atoms with E-state index < -0.39 is 5.41 Å². The largest absolute Gasteiger partial charge is 0.355 e. The van der Waals surface area contributed by atoms with E-state index in [1.165, 1.54) is 0 Å². The molecule has 1 rings (SSSR count). The molecular formula is C15H22Cl2N2O. The fraction of sp³-hybridized carbons (Fsp3) is 0.533. The van der Waals surface area contributed by atoms with Crippen LogP contribution in [0.15, 0.2) is 18.2 Å². The molecule has 3 nitrogen and oxygen atoms in total. The molecule has 0 spiro atoms. The summed E-state index contributed by atoms with van der Waals surface area (Å²) >= 11 is 11.9. The number of halogens is 2. The van der Waals surface area contributed by atoms with E-state index in [0.29, 0.717) is 29.6 Å². The highest BCUT2D eigenvalue weighted by Crippen LogP contribution is 2.25. The molecule has 0 saturated carbocycles. The van der Waals surface area contributed by atoms with Crippen molar-refractivity contribution in [1.29, 1.82) is 0 Å². The van der Waals surface area contributed by atoms with Crippen molar-refractivity contribution in [2.24, 2.45) is 11.1 Å². The highest BCUT2D eigenvalue weighted by molar-refractivity contribution is 6.34. The summed E-state index contributed by atoms with van der Waals surface area (Å²) in [6.45, 7) is 4.91. The molecule has 0 aromatic heterocycles. The van der Waals surface area contributed by atoms with Crippen LogP contribution >= 0.6 is 23.2 Å². The van der Waals surface area contributed by atoms with Crippen LogP contribution in [0.25, 0.3) is 0 Å². The Bertz CT molecular complexity index is 431. The smallest absolute Gasteiger partial charge is 0.227 e. The number of hydrogen-bond donors (Lipinski definition) is 2. The molecule has 1 amide bonds. The van der Waals surface area contributed by atoms with Crippen molar-refractivity contribution in [1.82, 2.24) is 5.32 Å². The van der Waals surface area contributed by atoms with Crippen molar-refractivity contribution in [3.05, 3.63) is 33.8 Å². The first kappa shape index (κ1) is 17.3. The summed E-state index contributed by atoms with van der Waals surface area (Å²) in [7, 11) is 0. The van der Waals surface area contributed by atoms with E-state index in [0.717, 1.165) is 18.4 Å². The second-order valence-corrected chi connectivity index (χ2v) is 5.85. The van der Waals surface area contributed by atoms with E-state index in [2.05, 4.69) is 5.32 Å². The number of benzene rings is 1. The zero-order chi connectivity index (χ0) is 15.2. The molecule has 20 heavy (non-hydrogen) atoms. The second-order valence-electron chi connectivity index (χ2n) is 4.98. The van der Waals surface area contributed by atoms with E-state index >= 15 is 0 Å². The lowest BCUT2D eigenvalue weighted by atomic mass is 9.81. The molecule has 0 atom stereocenters. The highest BCUT2D eigenvalue weighted by Gasteiger charge is 2.32. The van der Waals surface area contributed by atoms with Crippen LogP contribution in [0.4, 0.5) is 0 Å². The van der Waals surface area contributed by atoms with Crippen LogP contribution in [-0.2, 0) is 11.2 Å². The van der Waals surface area contributed by atoms with Crippen LogP contribution in [0.3, 0.4) is 0 Å². The topological polar surface area (TPSA) is 55.1 Å². The second kappa shape index (κ2) is 7.87. The van der Waals surface area contributed by atoms with Gasteiger partial charge in [-0.2, -0.15) is 0 Å². The molecule has 0 fully saturated rings. The average molecular weight is 317 g/mol. The molecule has 0 heterocycles. The summed E-state index contributed by atoms with van der Waals surface area (Å²) in [4.78, 5) is 12.2. The van der Waals surface area contributed by atoms with Crippen LogP contribution in [0.2, 0.25) is 10.0 Å². The Hall–Kier alpha value is -0.770. The summed E-state index contributed by atoms with van der Waals surface area (Å²) < 4.78 is 0. The standard InChI is InChI=1S/C15H22Cl2N2O/c1-3-15(4-2,10-18)14(20)19-6-5-11-7-12(16)9-13(17)8-11/h7-9H,3-6,10,18H2,1-2H3,(H,19,20). The molecule has 112 valence electrons. The molecule has 0 unspecified atom stereocenters. The molecule has 0 bridgehead atoms. The van der Waals surface area contributed by atoms with E-state index in [1.54, 1.807) is 6.07 Å². The maximum Gasteiger partial charge on any atom is 0.227 e. The van der Waals surface area contributed by atoms with Gasteiger partial charge in [0.2, 0.25) is 5.91 Å². The fourth-order valence-electron chi connectivity index (χ4n) is 2.22. The number of hydrogen-bond acceptors (Lipinski definition) is 2. The molecule has 0 radical (unpaired) electrons. The predicted molar refractivity (Wildman–Crippen MR) is 85.2 cm³/mol. The van der Waals surface area contributed by atoms with Crippen molar-refractivity contribution in [3.8, 4) is 0 Å². The van der Waals surface area contributed by atoms with Crippen molar-refractivity contribution < 1.29 is 4.79 Å². The molecule has 1 aromatic rings. The van der Waals surface area contributed by atoms with E-state index in [-0.39, 0.29) is 5.91 Å². The SMILES string of the molecule is CCC(CC)(CN)C(=O)NCCc1cc(Cl)cc(Cl)c1. The Morgan fingerprint density at radius 1 is 1.20 bits per heavy atom. The van der Waals surface area contributed by atoms with E-state index in [4.69, 9.17) is 28.9 Å². The Morgan fingerprint density at radius 2 is 1.75 bits per heavy atom. The summed E-state index contributed by atoms with van der Waals surface area (Å²) in [5.74, 6) is 0.0260. The zero-order valence-corrected chi connectivity index (χ0v) is 13.5. The van der Waals surface area contributed by atoms with E-state index in [1.807, 2.05) is 26.0 Å². The lowest BCUT2D eigenvalue weighted by molar-refractivity contribution is -0.131. The molecule has 0 aliphatic rings. The molecule has 5 heteroatoms. The Kier molecular flexibility index (Phi) is 6.80. The lowest BCUT2D eigenvalue weighted by Gasteiger charge is -2.28. The minimum atomic E-state index is -0.452. The third-order valence-corrected chi connectivity index (χ3v) is 4.28. The number of nitrogens with one attached hydrogen (secondary N) is 1. The van der Waals surface area contributed by atoms with Gasteiger partial charge in [-0.25, -0.2) is 0 Å². The fourth-order valence-corrected chi connectivity index (χ4v) is 2.79. The first-order valence-corrected chi connectivity index (χ1v) is 7.66. The van der Waals surface area contributed by atoms with Crippen molar-refractivity contribution >= 4 is 29.1 Å². The van der Waals surface area contributed by atoms with Crippen LogP contribution in [0, 0.1) is 5.41 Å². The van der Waals surface area contributed by atoms with Gasteiger partial charge in [-0.15, -0.1) is 0 Å². The quantitative estimate of drug-likeness (QED) is 0.809. The predicted octanol–water partition coefficient (Wildman–Crippen LogP) is 3.42. The van der Waals surface area contributed by atoms with Crippen LogP contribution in [0.5, 0.6) is 0 Å². The molecular weight excluding hydrogens is 295 g/mol. The van der Waals surface area contributed by atoms with Crippen LogP contribution < -0.4 is 11.1 Å². The lowest BCUT2D eigenvalue weighted by Crippen LogP contribution is -2.45. The molecule has 0 saturated heterocycles. The monoisotopic (exact) mass is 316 g/mol. The number of rotatable bonds is 7. The highest BCUT2D eigenvalue weighted by atomic mass is 35.5. The van der Waals surface area contributed by atoms with Gasteiger partial charge in [-0.1, -0.05) is 37.0 Å².